The van der Waals surface area contributed by atoms with E-state index in [0.717, 1.165) is 38.0 Å². The van der Waals surface area contributed by atoms with Crippen LogP contribution in [0.2, 0.25) is 0 Å². The standard InChI is InChI=1S/C18H23N5O/c1-3-14(15-10-13(2)6-7-20-15)21-17-12-19-11-16(22-17)18(24)23-8-4-5-9-23/h6-7,10-12,14H,3-5,8-9H2,1-2H3,(H,21,22). The predicted molar refractivity (Wildman–Crippen MR) is 92.8 cm³/mol. The molecule has 1 unspecified atom stereocenters. The Balaban J connectivity index is 1.76. The normalized spacial score (nSPS) is 15.3. The summed E-state index contributed by atoms with van der Waals surface area (Å²) in [7, 11) is 0. The summed E-state index contributed by atoms with van der Waals surface area (Å²) in [4.78, 5) is 27.4. The Morgan fingerprint density at radius 3 is 2.83 bits per heavy atom. The van der Waals surface area contributed by atoms with Crippen LogP contribution in [0.15, 0.2) is 30.7 Å². The lowest BCUT2D eigenvalue weighted by Gasteiger charge is -2.18. The fraction of sp³-hybridized carbons (Fsp3) is 0.444. The van der Waals surface area contributed by atoms with Gasteiger partial charge in [0, 0.05) is 19.3 Å². The number of rotatable bonds is 5. The highest BCUT2D eigenvalue weighted by atomic mass is 16.2. The minimum absolute atomic E-state index is 0.0367. The molecule has 24 heavy (non-hydrogen) atoms. The van der Waals surface area contributed by atoms with Crippen molar-refractivity contribution in [3.8, 4) is 0 Å². The average Bonchev–Trinajstić information content (AvgIpc) is 3.14. The highest BCUT2D eigenvalue weighted by molar-refractivity contribution is 5.92. The van der Waals surface area contributed by atoms with E-state index in [0.29, 0.717) is 11.5 Å². The molecule has 1 N–H and O–H groups in total. The highest BCUT2D eigenvalue weighted by Gasteiger charge is 2.21. The molecule has 6 nitrogen and oxygen atoms in total. The van der Waals surface area contributed by atoms with Crippen LogP contribution in [0, 0.1) is 6.92 Å². The van der Waals surface area contributed by atoms with Crippen LogP contribution in [0.3, 0.4) is 0 Å². The zero-order chi connectivity index (χ0) is 16.9. The molecule has 0 radical (unpaired) electrons. The van der Waals surface area contributed by atoms with Crippen molar-refractivity contribution in [1.29, 1.82) is 0 Å². The van der Waals surface area contributed by atoms with Crippen LogP contribution in [0.1, 0.15) is 54.0 Å². The Morgan fingerprint density at radius 2 is 2.12 bits per heavy atom. The predicted octanol–water partition coefficient (Wildman–Crippen LogP) is 2.98. The molecule has 2 aromatic rings. The van der Waals surface area contributed by atoms with Gasteiger partial charge in [-0.3, -0.25) is 14.8 Å². The number of anilines is 1. The molecular formula is C18H23N5O. The van der Waals surface area contributed by atoms with E-state index >= 15 is 0 Å². The van der Waals surface area contributed by atoms with Crippen LogP contribution in [0.5, 0.6) is 0 Å². The molecule has 0 aliphatic carbocycles. The van der Waals surface area contributed by atoms with E-state index in [1.165, 1.54) is 11.8 Å². The van der Waals surface area contributed by atoms with Crippen molar-refractivity contribution in [3.05, 3.63) is 47.7 Å². The van der Waals surface area contributed by atoms with Crippen LogP contribution in [0.4, 0.5) is 5.82 Å². The van der Waals surface area contributed by atoms with E-state index in [1.807, 2.05) is 24.1 Å². The third kappa shape index (κ3) is 3.69. The van der Waals surface area contributed by atoms with Gasteiger partial charge in [0.2, 0.25) is 0 Å². The number of likely N-dealkylation sites (tertiary alicyclic amines) is 1. The maximum Gasteiger partial charge on any atom is 0.274 e. The maximum atomic E-state index is 12.5. The fourth-order valence-electron chi connectivity index (χ4n) is 2.93. The Labute approximate surface area is 142 Å². The molecule has 3 heterocycles. The van der Waals surface area contributed by atoms with E-state index in [2.05, 4.69) is 33.3 Å². The van der Waals surface area contributed by atoms with Gasteiger partial charge in [0.15, 0.2) is 0 Å². The first-order valence-corrected chi connectivity index (χ1v) is 8.48. The van der Waals surface area contributed by atoms with Gasteiger partial charge in [-0.05, 0) is 43.9 Å². The highest BCUT2D eigenvalue weighted by Crippen LogP contribution is 2.20. The number of nitrogens with one attached hydrogen (secondary N) is 1. The number of pyridine rings is 1. The molecule has 0 aromatic carbocycles. The molecule has 1 fully saturated rings. The summed E-state index contributed by atoms with van der Waals surface area (Å²) in [6, 6.07) is 4.08. The number of carbonyl (C=O) groups is 1. The molecule has 126 valence electrons. The van der Waals surface area contributed by atoms with Crippen molar-refractivity contribution in [2.45, 2.75) is 39.2 Å². The first-order chi connectivity index (χ1) is 11.7. The van der Waals surface area contributed by atoms with Crippen molar-refractivity contribution in [3.63, 3.8) is 0 Å². The van der Waals surface area contributed by atoms with E-state index in [1.54, 1.807) is 6.20 Å². The lowest BCUT2D eigenvalue weighted by molar-refractivity contribution is 0.0786. The van der Waals surface area contributed by atoms with E-state index in [-0.39, 0.29) is 11.9 Å². The third-order valence-corrected chi connectivity index (χ3v) is 4.27. The summed E-state index contributed by atoms with van der Waals surface area (Å²) < 4.78 is 0. The van der Waals surface area contributed by atoms with Gasteiger partial charge in [0.1, 0.15) is 11.5 Å². The number of aromatic nitrogens is 3. The zero-order valence-corrected chi connectivity index (χ0v) is 14.2. The zero-order valence-electron chi connectivity index (χ0n) is 14.2. The molecule has 6 heteroatoms. The summed E-state index contributed by atoms with van der Waals surface area (Å²) >= 11 is 0. The molecule has 0 spiro atoms. The lowest BCUT2D eigenvalue weighted by atomic mass is 10.1. The van der Waals surface area contributed by atoms with Crippen LogP contribution in [0.25, 0.3) is 0 Å². The molecule has 0 bridgehead atoms. The quantitative estimate of drug-likeness (QED) is 0.915. The SMILES string of the molecule is CCC(Nc1cncc(C(=O)N2CCCC2)n1)c1cc(C)ccn1. The Kier molecular flexibility index (Phi) is 5.03. The number of hydrogen-bond acceptors (Lipinski definition) is 5. The molecule has 1 aliphatic heterocycles. The van der Waals surface area contributed by atoms with E-state index in [9.17, 15) is 4.79 Å². The molecule has 3 rings (SSSR count). The molecule has 0 saturated carbocycles. The Bertz CT molecular complexity index is 712. The topological polar surface area (TPSA) is 71.0 Å². The molecule has 1 aliphatic rings. The molecule has 1 atom stereocenters. The summed E-state index contributed by atoms with van der Waals surface area (Å²) in [6.07, 6.45) is 8.00. The second-order valence-electron chi connectivity index (χ2n) is 6.15. The van der Waals surface area contributed by atoms with Crippen molar-refractivity contribution in [1.82, 2.24) is 19.9 Å². The van der Waals surface area contributed by atoms with E-state index in [4.69, 9.17) is 0 Å². The van der Waals surface area contributed by atoms with Crippen LogP contribution < -0.4 is 5.32 Å². The van der Waals surface area contributed by atoms with Gasteiger partial charge in [-0.2, -0.15) is 0 Å². The van der Waals surface area contributed by atoms with Crippen molar-refractivity contribution >= 4 is 11.7 Å². The largest absolute Gasteiger partial charge is 0.360 e. The smallest absolute Gasteiger partial charge is 0.274 e. The van der Waals surface area contributed by atoms with Gasteiger partial charge >= 0.3 is 0 Å². The Morgan fingerprint density at radius 1 is 1.33 bits per heavy atom. The second kappa shape index (κ2) is 7.38. The van der Waals surface area contributed by atoms with E-state index < -0.39 is 0 Å². The lowest BCUT2D eigenvalue weighted by Crippen LogP contribution is -2.28. The van der Waals surface area contributed by atoms with Crippen molar-refractivity contribution < 1.29 is 4.79 Å². The molecule has 2 aromatic heterocycles. The van der Waals surface area contributed by atoms with Crippen molar-refractivity contribution in [2.75, 3.05) is 18.4 Å². The first kappa shape index (κ1) is 16.4. The number of aryl methyl sites for hydroxylation is 1. The number of hydrogen-bond donors (Lipinski definition) is 1. The van der Waals surface area contributed by atoms with Crippen molar-refractivity contribution in [2.24, 2.45) is 0 Å². The van der Waals surface area contributed by atoms with Gasteiger partial charge in [-0.1, -0.05) is 6.92 Å². The minimum Gasteiger partial charge on any atom is -0.360 e. The third-order valence-electron chi connectivity index (χ3n) is 4.27. The monoisotopic (exact) mass is 325 g/mol. The van der Waals surface area contributed by atoms with Crippen LogP contribution in [-0.2, 0) is 0 Å². The summed E-state index contributed by atoms with van der Waals surface area (Å²) in [5.74, 6) is 0.570. The van der Waals surface area contributed by atoms with Gasteiger partial charge < -0.3 is 10.2 Å². The summed E-state index contributed by atoms with van der Waals surface area (Å²) in [5, 5.41) is 3.35. The fourth-order valence-corrected chi connectivity index (χ4v) is 2.93. The molecule has 1 amide bonds. The minimum atomic E-state index is -0.0367. The van der Waals surface area contributed by atoms with Crippen LogP contribution >= 0.6 is 0 Å². The summed E-state index contributed by atoms with van der Waals surface area (Å²) in [5.41, 5.74) is 2.54. The van der Waals surface area contributed by atoms with Gasteiger partial charge in [0.25, 0.3) is 5.91 Å². The molecular weight excluding hydrogens is 302 g/mol. The number of nitrogens with zero attached hydrogens (tertiary/aromatic N) is 4. The Hall–Kier alpha value is -2.50. The van der Waals surface area contributed by atoms with Crippen LogP contribution in [-0.4, -0.2) is 38.8 Å². The summed E-state index contributed by atoms with van der Waals surface area (Å²) in [6.45, 7) is 5.76. The van der Waals surface area contributed by atoms with Gasteiger partial charge in [-0.25, -0.2) is 4.98 Å². The van der Waals surface area contributed by atoms with Gasteiger partial charge in [0.05, 0.1) is 24.1 Å². The average molecular weight is 325 g/mol. The van der Waals surface area contributed by atoms with Gasteiger partial charge in [-0.15, -0.1) is 0 Å². The first-order valence-electron chi connectivity index (χ1n) is 8.48. The maximum absolute atomic E-state index is 12.5. The second-order valence-corrected chi connectivity index (χ2v) is 6.15. The number of carbonyl (C=O) groups excluding carboxylic acids is 1. The number of amides is 1. The molecule has 1 saturated heterocycles.